The largest absolute Gasteiger partial charge is 0.332 e. The molecule has 5 aromatic rings. The summed E-state index contributed by atoms with van der Waals surface area (Å²) in [4.78, 5) is 32.9. The number of imidazole rings is 1. The van der Waals surface area contributed by atoms with Crippen molar-refractivity contribution in [3.05, 3.63) is 80.8 Å². The quantitative estimate of drug-likeness (QED) is 0.242. The van der Waals surface area contributed by atoms with Crippen LogP contribution in [-0.2, 0) is 19.6 Å². The van der Waals surface area contributed by atoms with E-state index >= 15 is 0 Å². The van der Waals surface area contributed by atoms with Crippen LogP contribution in [-0.4, -0.2) is 39.3 Å². The molecule has 2 aromatic carbocycles. The molecule has 3 heterocycles. The molecule has 0 radical (unpaired) electrons. The van der Waals surface area contributed by atoms with Crippen LogP contribution < -0.4 is 11.2 Å². The number of nitrogens with one attached hydrogen (secondary N) is 1. The highest BCUT2D eigenvalue weighted by atomic mass is 16.2. The molecule has 6 rings (SSSR count). The second-order valence-electron chi connectivity index (χ2n) is 12.6. The molecular formula is C33H40N8O2. The van der Waals surface area contributed by atoms with Crippen molar-refractivity contribution in [1.82, 2.24) is 39.3 Å². The van der Waals surface area contributed by atoms with E-state index in [1.54, 1.807) is 4.57 Å². The first-order valence-electron chi connectivity index (χ1n) is 15.5. The second-order valence-corrected chi connectivity index (χ2v) is 12.6. The zero-order valence-electron chi connectivity index (χ0n) is 25.5. The number of benzene rings is 2. The monoisotopic (exact) mass is 580 g/mol. The molecule has 0 atom stereocenters. The van der Waals surface area contributed by atoms with Gasteiger partial charge in [0, 0.05) is 31.1 Å². The van der Waals surface area contributed by atoms with Gasteiger partial charge in [-0.1, -0.05) is 95.5 Å². The summed E-state index contributed by atoms with van der Waals surface area (Å²) in [6.07, 6.45) is 5.62. The summed E-state index contributed by atoms with van der Waals surface area (Å²) in [5, 5.41) is 14.6. The Bertz CT molecular complexity index is 1820. The van der Waals surface area contributed by atoms with Crippen LogP contribution in [0.5, 0.6) is 0 Å². The Hall–Kier alpha value is -4.34. The van der Waals surface area contributed by atoms with Gasteiger partial charge in [-0.05, 0) is 46.6 Å². The molecule has 0 unspecified atom stereocenters. The summed E-state index contributed by atoms with van der Waals surface area (Å²) in [6, 6.07) is 16.4. The van der Waals surface area contributed by atoms with E-state index in [1.165, 1.54) is 11.0 Å². The zero-order chi connectivity index (χ0) is 30.1. The third-order valence-corrected chi connectivity index (χ3v) is 8.33. The van der Waals surface area contributed by atoms with Crippen LogP contribution >= 0.6 is 0 Å². The van der Waals surface area contributed by atoms with Gasteiger partial charge in [0.1, 0.15) is 5.82 Å². The minimum Gasteiger partial charge on any atom is -0.317 e. The normalized spacial score (nSPS) is 14.4. The molecule has 0 amide bonds. The zero-order valence-corrected chi connectivity index (χ0v) is 25.5. The SMILES string of the molecule is CC(C)Cn1c(=O)c2c(nc(C3CCCCC3)n2Cc2ccc(-c3ccccc3-c3nn[nH]n3)cc2)n(CC(C)C)c1=O. The number of rotatable bonds is 9. The fraction of sp³-hybridized carbons (Fsp3) is 0.455. The van der Waals surface area contributed by atoms with Gasteiger partial charge in [0.2, 0.25) is 5.82 Å². The number of hydrogen-bond acceptors (Lipinski definition) is 6. The Morgan fingerprint density at radius 1 is 0.837 bits per heavy atom. The van der Waals surface area contributed by atoms with Crippen molar-refractivity contribution >= 4 is 11.2 Å². The lowest BCUT2D eigenvalue weighted by atomic mass is 9.88. The molecule has 1 aliphatic carbocycles. The predicted molar refractivity (Wildman–Crippen MR) is 168 cm³/mol. The van der Waals surface area contributed by atoms with Gasteiger partial charge in [-0.25, -0.2) is 9.78 Å². The van der Waals surface area contributed by atoms with E-state index in [0.717, 1.165) is 53.8 Å². The van der Waals surface area contributed by atoms with E-state index in [2.05, 4.69) is 69.4 Å². The molecule has 1 aliphatic rings. The molecule has 3 aromatic heterocycles. The fourth-order valence-corrected chi connectivity index (χ4v) is 6.37. The van der Waals surface area contributed by atoms with Crippen LogP contribution in [0, 0.1) is 11.8 Å². The summed E-state index contributed by atoms with van der Waals surface area (Å²) in [5.41, 5.74) is 4.57. The molecular weight excluding hydrogens is 540 g/mol. The third-order valence-electron chi connectivity index (χ3n) is 8.33. The molecule has 43 heavy (non-hydrogen) atoms. The summed E-state index contributed by atoms with van der Waals surface area (Å²) in [6.45, 7) is 9.65. The van der Waals surface area contributed by atoms with E-state index in [9.17, 15) is 9.59 Å². The number of fused-ring (bicyclic) bond motifs is 1. The lowest BCUT2D eigenvalue weighted by Crippen LogP contribution is -2.42. The minimum atomic E-state index is -0.260. The first-order chi connectivity index (χ1) is 20.8. The first-order valence-corrected chi connectivity index (χ1v) is 15.5. The number of H-pyrrole nitrogens is 1. The van der Waals surface area contributed by atoms with Gasteiger partial charge >= 0.3 is 5.69 Å². The Kier molecular flexibility index (Phi) is 8.10. The lowest BCUT2D eigenvalue weighted by Gasteiger charge is -2.22. The van der Waals surface area contributed by atoms with Crippen molar-refractivity contribution < 1.29 is 0 Å². The Morgan fingerprint density at radius 2 is 1.51 bits per heavy atom. The number of hydrogen-bond donors (Lipinski definition) is 1. The molecule has 0 spiro atoms. The molecule has 10 nitrogen and oxygen atoms in total. The van der Waals surface area contributed by atoms with Crippen molar-refractivity contribution in [3.8, 4) is 22.5 Å². The topological polar surface area (TPSA) is 116 Å². The maximum Gasteiger partial charge on any atom is 0.332 e. The molecule has 1 N–H and O–H groups in total. The fourth-order valence-electron chi connectivity index (χ4n) is 6.37. The van der Waals surface area contributed by atoms with E-state index in [4.69, 9.17) is 4.98 Å². The van der Waals surface area contributed by atoms with E-state index in [-0.39, 0.29) is 29.0 Å². The number of tetrazole rings is 1. The maximum atomic E-state index is 14.1. The number of aromatic nitrogens is 8. The van der Waals surface area contributed by atoms with Gasteiger partial charge in [-0.2, -0.15) is 5.21 Å². The van der Waals surface area contributed by atoms with Gasteiger partial charge in [0.05, 0.1) is 0 Å². The van der Waals surface area contributed by atoms with Crippen LogP contribution in [0.15, 0.2) is 58.1 Å². The summed E-state index contributed by atoms with van der Waals surface area (Å²) < 4.78 is 5.28. The van der Waals surface area contributed by atoms with Crippen LogP contribution in [0.2, 0.25) is 0 Å². The number of aromatic amines is 1. The van der Waals surface area contributed by atoms with E-state index in [0.29, 0.717) is 36.6 Å². The standard InChI is InChI=1S/C33H40N8O2/c1-21(2)18-40-31-28(32(42)41(33(40)43)19-22(3)4)39(30(34-31)25-10-6-5-7-11-25)20-23-14-16-24(17-15-23)26-12-8-9-13-27(26)29-35-37-38-36-29/h8-9,12-17,21-22,25H,5-7,10-11,18-20H2,1-4H3,(H,35,36,37,38). The van der Waals surface area contributed by atoms with Crippen molar-refractivity contribution in [2.24, 2.45) is 11.8 Å². The highest BCUT2D eigenvalue weighted by Crippen LogP contribution is 2.34. The van der Waals surface area contributed by atoms with Gasteiger partial charge in [-0.3, -0.25) is 13.9 Å². The highest BCUT2D eigenvalue weighted by molar-refractivity contribution is 5.80. The van der Waals surface area contributed by atoms with Crippen molar-refractivity contribution in [2.75, 3.05) is 0 Å². The maximum absolute atomic E-state index is 14.1. The van der Waals surface area contributed by atoms with Crippen LogP contribution in [0.1, 0.15) is 77.1 Å². The highest BCUT2D eigenvalue weighted by Gasteiger charge is 2.27. The molecule has 0 bridgehead atoms. The average molecular weight is 581 g/mol. The lowest BCUT2D eigenvalue weighted by molar-refractivity contribution is 0.419. The molecule has 0 saturated heterocycles. The minimum absolute atomic E-state index is 0.160. The molecule has 1 fully saturated rings. The molecule has 0 aliphatic heterocycles. The van der Waals surface area contributed by atoms with E-state index < -0.39 is 0 Å². The van der Waals surface area contributed by atoms with Gasteiger partial charge in [0.15, 0.2) is 11.2 Å². The van der Waals surface area contributed by atoms with Crippen LogP contribution in [0.3, 0.4) is 0 Å². The van der Waals surface area contributed by atoms with E-state index in [1.807, 2.05) is 32.0 Å². The Balaban J connectivity index is 1.47. The second kappa shape index (κ2) is 12.1. The van der Waals surface area contributed by atoms with Crippen molar-refractivity contribution in [1.29, 1.82) is 0 Å². The Morgan fingerprint density at radius 3 is 2.16 bits per heavy atom. The van der Waals surface area contributed by atoms with Crippen molar-refractivity contribution in [2.45, 2.75) is 85.4 Å². The average Bonchev–Trinajstić information content (AvgIpc) is 3.67. The number of nitrogens with zero attached hydrogens (tertiary/aromatic N) is 7. The first kappa shape index (κ1) is 28.8. The molecule has 1 saturated carbocycles. The van der Waals surface area contributed by atoms with Crippen LogP contribution in [0.25, 0.3) is 33.7 Å². The summed E-state index contributed by atoms with van der Waals surface area (Å²) in [5.74, 6) is 2.14. The van der Waals surface area contributed by atoms with Crippen LogP contribution in [0.4, 0.5) is 0 Å². The molecule has 224 valence electrons. The smallest absolute Gasteiger partial charge is 0.317 e. The van der Waals surface area contributed by atoms with Gasteiger partial charge < -0.3 is 4.57 Å². The van der Waals surface area contributed by atoms with Gasteiger partial charge in [-0.15, -0.1) is 10.2 Å². The van der Waals surface area contributed by atoms with Gasteiger partial charge in [0.25, 0.3) is 5.56 Å². The molecule has 10 heteroatoms. The summed E-state index contributed by atoms with van der Waals surface area (Å²) in [7, 11) is 0. The third kappa shape index (κ3) is 5.70. The summed E-state index contributed by atoms with van der Waals surface area (Å²) >= 11 is 0. The predicted octanol–water partition coefficient (Wildman–Crippen LogP) is 5.61. The Labute approximate surface area is 250 Å². The van der Waals surface area contributed by atoms with Crippen molar-refractivity contribution in [3.63, 3.8) is 0 Å².